The first kappa shape index (κ1) is 17.5. The van der Waals surface area contributed by atoms with Crippen molar-refractivity contribution < 1.29 is 19.7 Å². The summed E-state index contributed by atoms with van der Waals surface area (Å²) in [6, 6.07) is -1.16. The second kappa shape index (κ2) is 6.95. The predicted molar refractivity (Wildman–Crippen MR) is 80.4 cm³/mol. The van der Waals surface area contributed by atoms with Gasteiger partial charge in [0.1, 0.15) is 5.76 Å². The Kier molecular flexibility index (Phi) is 5.80. The largest absolute Gasteiger partial charge is 0.497 e. The number of dihydropyridines is 1. The van der Waals surface area contributed by atoms with E-state index in [1.807, 2.05) is 20.8 Å². The molecule has 0 bridgehead atoms. The molecular weight excluding hydrogens is 272 g/mol. The highest BCUT2D eigenvalue weighted by atomic mass is 16.5. The van der Waals surface area contributed by atoms with E-state index in [9.17, 15) is 15.0 Å². The third-order valence-electron chi connectivity index (χ3n) is 3.89. The minimum absolute atomic E-state index is 0.0146. The van der Waals surface area contributed by atoms with Crippen LogP contribution < -0.4 is 11.1 Å². The van der Waals surface area contributed by atoms with Crippen LogP contribution in [0.5, 0.6) is 0 Å². The number of methoxy groups -OCH3 is 1. The van der Waals surface area contributed by atoms with Gasteiger partial charge in [-0.2, -0.15) is 0 Å². The van der Waals surface area contributed by atoms with Gasteiger partial charge in [-0.1, -0.05) is 13.8 Å². The van der Waals surface area contributed by atoms with Crippen LogP contribution in [0.15, 0.2) is 23.6 Å². The van der Waals surface area contributed by atoms with Crippen molar-refractivity contribution >= 4 is 5.97 Å². The minimum Gasteiger partial charge on any atom is -0.497 e. The van der Waals surface area contributed by atoms with E-state index in [1.165, 1.54) is 0 Å². The summed E-state index contributed by atoms with van der Waals surface area (Å²) >= 11 is 0. The van der Waals surface area contributed by atoms with E-state index in [0.717, 1.165) is 5.57 Å². The van der Waals surface area contributed by atoms with Gasteiger partial charge < -0.3 is 26.0 Å². The van der Waals surface area contributed by atoms with Gasteiger partial charge in [-0.25, -0.2) is 4.79 Å². The summed E-state index contributed by atoms with van der Waals surface area (Å²) in [6.07, 6.45) is 3.87. The van der Waals surface area contributed by atoms with Crippen molar-refractivity contribution in [1.82, 2.24) is 5.32 Å². The molecule has 1 unspecified atom stereocenters. The lowest BCUT2D eigenvalue weighted by atomic mass is 9.81. The normalized spacial score (nSPS) is 22.7. The summed E-state index contributed by atoms with van der Waals surface area (Å²) in [5.41, 5.74) is 4.82. The van der Waals surface area contributed by atoms with Gasteiger partial charge in [0, 0.05) is 18.7 Å². The molecule has 0 spiro atoms. The number of aliphatic hydroxyl groups is 1. The first-order valence-corrected chi connectivity index (χ1v) is 7.11. The fourth-order valence-electron chi connectivity index (χ4n) is 2.52. The highest BCUT2D eigenvalue weighted by molar-refractivity contribution is 5.78. The Morgan fingerprint density at radius 1 is 1.57 bits per heavy atom. The zero-order valence-corrected chi connectivity index (χ0v) is 13.1. The van der Waals surface area contributed by atoms with Gasteiger partial charge >= 0.3 is 5.97 Å². The molecule has 0 amide bonds. The Morgan fingerprint density at radius 2 is 2.19 bits per heavy atom. The highest BCUT2D eigenvalue weighted by Crippen LogP contribution is 2.27. The first-order valence-electron chi connectivity index (χ1n) is 7.11. The van der Waals surface area contributed by atoms with Gasteiger partial charge in [-0.3, -0.25) is 0 Å². The molecule has 6 nitrogen and oxygen atoms in total. The fraction of sp³-hybridized carbons (Fsp3) is 0.667. The van der Waals surface area contributed by atoms with Crippen molar-refractivity contribution in [2.24, 2.45) is 11.7 Å². The van der Waals surface area contributed by atoms with Gasteiger partial charge in [-0.15, -0.1) is 0 Å². The number of hydrogen-bond acceptors (Lipinski definition) is 5. The molecule has 0 fully saturated rings. The molecule has 0 radical (unpaired) electrons. The van der Waals surface area contributed by atoms with Crippen molar-refractivity contribution in [2.45, 2.75) is 51.3 Å². The zero-order chi connectivity index (χ0) is 16.2. The topological polar surface area (TPSA) is 105 Å². The Hall–Kier alpha value is -1.53. The number of aliphatic carboxylic acids is 1. The molecule has 1 aliphatic rings. The summed E-state index contributed by atoms with van der Waals surface area (Å²) in [4.78, 5) is 11.6. The molecule has 0 aliphatic carbocycles. The Balaban J connectivity index is 2.96. The van der Waals surface area contributed by atoms with Crippen molar-refractivity contribution in [2.75, 3.05) is 7.11 Å². The van der Waals surface area contributed by atoms with Gasteiger partial charge in [0.05, 0.1) is 13.2 Å². The molecule has 1 heterocycles. The third kappa shape index (κ3) is 3.98. The zero-order valence-electron chi connectivity index (χ0n) is 13.1. The smallest absolute Gasteiger partial charge is 0.337 e. The van der Waals surface area contributed by atoms with Crippen LogP contribution in [0.2, 0.25) is 0 Å². The number of carboxylic acids is 1. The van der Waals surface area contributed by atoms with Crippen LogP contribution in [0.4, 0.5) is 0 Å². The molecule has 5 N–H and O–H groups in total. The second-order valence-corrected chi connectivity index (χ2v) is 5.97. The van der Waals surface area contributed by atoms with Gasteiger partial charge in [-0.05, 0) is 30.9 Å². The summed E-state index contributed by atoms with van der Waals surface area (Å²) < 4.78 is 5.23. The quantitative estimate of drug-likeness (QED) is 0.558. The SMILES string of the molecule is COC1=C(C)C(C[C@](O)(C(=O)O)[C@@H](N)CC(C)C)NC=C1. The number of allylic oxidation sites excluding steroid dienone is 1. The summed E-state index contributed by atoms with van der Waals surface area (Å²) in [5.74, 6) is -0.418. The number of hydrogen-bond donors (Lipinski definition) is 4. The number of nitrogens with two attached hydrogens (primary N) is 1. The van der Waals surface area contributed by atoms with E-state index in [4.69, 9.17) is 10.5 Å². The minimum atomic E-state index is -1.98. The lowest BCUT2D eigenvalue weighted by Gasteiger charge is -2.35. The Morgan fingerprint density at radius 3 is 2.67 bits per heavy atom. The Labute approximate surface area is 125 Å². The summed E-state index contributed by atoms with van der Waals surface area (Å²) in [6.45, 7) is 5.73. The monoisotopic (exact) mass is 298 g/mol. The van der Waals surface area contributed by atoms with Crippen molar-refractivity contribution in [1.29, 1.82) is 0 Å². The van der Waals surface area contributed by atoms with Crippen LogP contribution in [0, 0.1) is 5.92 Å². The molecule has 0 aromatic rings. The lowest BCUT2D eigenvalue weighted by Crippen LogP contribution is -2.57. The van der Waals surface area contributed by atoms with E-state index in [-0.39, 0.29) is 18.4 Å². The number of carboxylic acid groups (broad SMARTS) is 1. The van der Waals surface area contributed by atoms with Crippen LogP contribution in [0.3, 0.4) is 0 Å². The van der Waals surface area contributed by atoms with E-state index in [0.29, 0.717) is 12.2 Å². The standard InChI is InChI=1S/C15H26N2O4/c1-9(2)7-13(16)15(20,14(18)19)8-11-10(3)12(21-4)5-6-17-11/h5-6,9,11,13,17,20H,7-8,16H2,1-4H3,(H,18,19)/t11?,13-,15+/m0/s1. The van der Waals surface area contributed by atoms with E-state index in [1.54, 1.807) is 19.4 Å². The molecule has 3 atom stereocenters. The van der Waals surface area contributed by atoms with E-state index >= 15 is 0 Å². The van der Waals surface area contributed by atoms with E-state index in [2.05, 4.69) is 5.32 Å². The molecule has 21 heavy (non-hydrogen) atoms. The highest BCUT2D eigenvalue weighted by Gasteiger charge is 2.45. The molecule has 0 aromatic carbocycles. The number of ether oxygens (including phenoxy) is 1. The maximum Gasteiger partial charge on any atom is 0.337 e. The molecule has 0 aromatic heterocycles. The van der Waals surface area contributed by atoms with Gasteiger partial charge in [0.2, 0.25) is 0 Å². The van der Waals surface area contributed by atoms with Crippen LogP contribution in [-0.2, 0) is 9.53 Å². The maximum absolute atomic E-state index is 11.6. The van der Waals surface area contributed by atoms with E-state index < -0.39 is 17.6 Å². The molecule has 0 saturated carbocycles. The molecule has 1 rings (SSSR count). The molecule has 6 heteroatoms. The average molecular weight is 298 g/mol. The molecule has 1 aliphatic heterocycles. The molecular formula is C15H26N2O4. The maximum atomic E-state index is 11.6. The third-order valence-corrected chi connectivity index (χ3v) is 3.89. The van der Waals surface area contributed by atoms with Crippen molar-refractivity contribution in [3.05, 3.63) is 23.6 Å². The summed E-state index contributed by atoms with van der Waals surface area (Å²) in [5, 5.41) is 23.1. The number of rotatable bonds is 7. The predicted octanol–water partition coefficient (Wildman–Crippen LogP) is 0.971. The second-order valence-electron chi connectivity index (χ2n) is 5.97. The van der Waals surface area contributed by atoms with Gasteiger partial charge in [0.15, 0.2) is 5.60 Å². The van der Waals surface area contributed by atoms with Crippen LogP contribution in [0.1, 0.15) is 33.6 Å². The van der Waals surface area contributed by atoms with Crippen LogP contribution >= 0.6 is 0 Å². The fourth-order valence-corrected chi connectivity index (χ4v) is 2.52. The summed E-state index contributed by atoms with van der Waals surface area (Å²) in [7, 11) is 1.56. The Bertz CT molecular complexity index is 445. The van der Waals surface area contributed by atoms with Crippen molar-refractivity contribution in [3.8, 4) is 0 Å². The first-order chi connectivity index (χ1) is 9.72. The van der Waals surface area contributed by atoms with Crippen LogP contribution in [-0.4, -0.2) is 41.0 Å². The average Bonchev–Trinajstić information content (AvgIpc) is 2.39. The number of carbonyl (C=O) groups is 1. The van der Waals surface area contributed by atoms with Crippen LogP contribution in [0.25, 0.3) is 0 Å². The molecule has 0 saturated heterocycles. The molecule has 120 valence electrons. The van der Waals surface area contributed by atoms with Crippen molar-refractivity contribution in [3.63, 3.8) is 0 Å². The van der Waals surface area contributed by atoms with Gasteiger partial charge in [0.25, 0.3) is 0 Å². The number of nitrogens with one attached hydrogen (secondary N) is 1. The lowest BCUT2D eigenvalue weighted by molar-refractivity contribution is -0.162.